The molecule has 0 radical (unpaired) electrons. The zero-order valence-corrected chi connectivity index (χ0v) is 17.8. The maximum atomic E-state index is 6.00. The zero-order valence-electron chi connectivity index (χ0n) is 17.8. The van der Waals surface area contributed by atoms with E-state index >= 15 is 0 Å². The van der Waals surface area contributed by atoms with E-state index in [1.807, 2.05) is 31.2 Å². The summed E-state index contributed by atoms with van der Waals surface area (Å²) in [6.07, 6.45) is 1.11. The van der Waals surface area contributed by atoms with E-state index in [1.165, 1.54) is 5.56 Å². The Bertz CT molecular complexity index is 702. The topological polar surface area (TPSA) is 30.5 Å². The summed E-state index contributed by atoms with van der Waals surface area (Å²) in [4.78, 5) is 0. The van der Waals surface area contributed by atoms with Crippen molar-refractivity contribution >= 4 is 0 Å². The van der Waals surface area contributed by atoms with E-state index in [0.29, 0.717) is 18.6 Å². The first-order valence-electron chi connectivity index (χ1n) is 9.86. The molecule has 0 heterocycles. The van der Waals surface area contributed by atoms with Crippen LogP contribution in [-0.4, -0.2) is 12.1 Å². The summed E-state index contributed by atoms with van der Waals surface area (Å²) in [5.74, 6) is 1.60. The first-order valence-corrected chi connectivity index (χ1v) is 9.86. The van der Waals surface area contributed by atoms with Gasteiger partial charge in [0, 0.05) is 12.1 Å². The smallest absolute Gasteiger partial charge is 0.161 e. The number of benzene rings is 2. The fourth-order valence-electron chi connectivity index (χ4n) is 3.51. The Balaban J connectivity index is 2.03. The predicted octanol–water partition coefficient (Wildman–Crippen LogP) is 5.97. The van der Waals surface area contributed by atoms with E-state index in [4.69, 9.17) is 9.47 Å². The summed E-state index contributed by atoms with van der Waals surface area (Å²) in [6, 6.07) is 16.4. The van der Waals surface area contributed by atoms with E-state index in [0.717, 1.165) is 30.0 Å². The molecule has 0 amide bonds. The van der Waals surface area contributed by atoms with Crippen LogP contribution in [0.5, 0.6) is 11.5 Å². The first-order chi connectivity index (χ1) is 12.7. The van der Waals surface area contributed by atoms with Gasteiger partial charge in [-0.3, -0.25) is 0 Å². The molecule has 3 heteroatoms. The van der Waals surface area contributed by atoms with Gasteiger partial charge < -0.3 is 14.8 Å². The fourth-order valence-corrected chi connectivity index (χ4v) is 3.51. The van der Waals surface area contributed by atoms with Crippen molar-refractivity contribution in [1.82, 2.24) is 5.32 Å². The Morgan fingerprint density at radius 2 is 1.52 bits per heavy atom. The molecule has 0 unspecified atom stereocenters. The molecule has 0 fully saturated rings. The van der Waals surface area contributed by atoms with E-state index in [9.17, 15) is 0 Å². The Hall–Kier alpha value is -2.00. The lowest BCUT2D eigenvalue weighted by Crippen LogP contribution is -2.41. The molecule has 2 aromatic rings. The molecule has 2 rings (SSSR count). The first kappa shape index (κ1) is 21.3. The number of hydrogen-bond donors (Lipinski definition) is 1. The minimum absolute atomic E-state index is 0.0759. The molecule has 0 saturated carbocycles. The second-order valence-corrected chi connectivity index (χ2v) is 8.96. The molecule has 2 aromatic carbocycles. The van der Waals surface area contributed by atoms with Crippen LogP contribution in [0.2, 0.25) is 0 Å². The van der Waals surface area contributed by atoms with Crippen LogP contribution in [0.4, 0.5) is 0 Å². The Morgan fingerprint density at radius 3 is 2.15 bits per heavy atom. The van der Waals surface area contributed by atoms with Crippen LogP contribution in [0.1, 0.15) is 59.1 Å². The number of hydrogen-bond acceptors (Lipinski definition) is 3. The van der Waals surface area contributed by atoms with Crippen LogP contribution < -0.4 is 14.8 Å². The van der Waals surface area contributed by atoms with Crippen molar-refractivity contribution in [3.63, 3.8) is 0 Å². The lowest BCUT2D eigenvalue weighted by molar-refractivity contribution is 0.240. The molecule has 0 aliphatic carbocycles. The van der Waals surface area contributed by atoms with Gasteiger partial charge in [-0.05, 0) is 55.9 Å². The molecule has 0 aliphatic rings. The third-order valence-electron chi connectivity index (χ3n) is 4.29. The maximum absolute atomic E-state index is 6.00. The molecule has 0 atom stereocenters. The molecular formula is C24H35NO2. The second kappa shape index (κ2) is 9.27. The van der Waals surface area contributed by atoms with Gasteiger partial charge in [0.15, 0.2) is 11.5 Å². The highest BCUT2D eigenvalue weighted by Gasteiger charge is 2.24. The van der Waals surface area contributed by atoms with Crippen molar-refractivity contribution in [3.8, 4) is 11.5 Å². The SMILES string of the molecule is CCOc1cc(CNC(C)(C)CC(C)(C)C)ccc1OCc1ccccc1. The second-order valence-electron chi connectivity index (χ2n) is 8.96. The van der Waals surface area contributed by atoms with E-state index in [1.54, 1.807) is 0 Å². The summed E-state index contributed by atoms with van der Waals surface area (Å²) in [5.41, 5.74) is 2.72. The Labute approximate surface area is 165 Å². The third kappa shape index (κ3) is 7.64. The van der Waals surface area contributed by atoms with Crippen molar-refractivity contribution in [2.45, 2.75) is 66.7 Å². The van der Waals surface area contributed by atoms with Gasteiger partial charge in [-0.15, -0.1) is 0 Å². The molecule has 1 N–H and O–H groups in total. The number of nitrogens with one attached hydrogen (secondary N) is 1. The zero-order chi connectivity index (χ0) is 19.9. The van der Waals surface area contributed by atoms with Crippen LogP contribution >= 0.6 is 0 Å². The standard InChI is InChI=1S/C24H35NO2/c1-7-26-22-15-20(16-25-24(5,6)18-23(2,3)4)13-14-21(22)27-17-19-11-9-8-10-12-19/h8-15,25H,7,16-18H2,1-6H3. The summed E-state index contributed by atoms with van der Waals surface area (Å²) in [6.45, 7) is 15.3. The highest BCUT2D eigenvalue weighted by molar-refractivity contribution is 5.43. The molecule has 0 saturated heterocycles. The van der Waals surface area contributed by atoms with E-state index < -0.39 is 0 Å². The molecule has 3 nitrogen and oxygen atoms in total. The van der Waals surface area contributed by atoms with E-state index in [-0.39, 0.29) is 5.54 Å². The summed E-state index contributed by atoms with van der Waals surface area (Å²) in [7, 11) is 0. The number of rotatable bonds is 9. The molecule has 0 aliphatic heterocycles. The predicted molar refractivity (Wildman–Crippen MR) is 113 cm³/mol. The lowest BCUT2D eigenvalue weighted by atomic mass is 9.82. The summed E-state index contributed by atoms with van der Waals surface area (Å²) >= 11 is 0. The van der Waals surface area contributed by atoms with Crippen LogP contribution in [0.3, 0.4) is 0 Å². The maximum Gasteiger partial charge on any atom is 0.161 e. The Morgan fingerprint density at radius 1 is 0.815 bits per heavy atom. The van der Waals surface area contributed by atoms with Gasteiger partial charge >= 0.3 is 0 Å². The number of ether oxygens (including phenoxy) is 2. The highest BCUT2D eigenvalue weighted by Crippen LogP contribution is 2.30. The molecule has 0 spiro atoms. The quantitative estimate of drug-likeness (QED) is 0.591. The van der Waals surface area contributed by atoms with Crippen molar-refractivity contribution in [2.24, 2.45) is 5.41 Å². The van der Waals surface area contributed by atoms with Crippen LogP contribution in [0.25, 0.3) is 0 Å². The van der Waals surface area contributed by atoms with Crippen LogP contribution in [0, 0.1) is 5.41 Å². The Kier molecular flexibility index (Phi) is 7.32. The molecule has 0 bridgehead atoms. The van der Waals surface area contributed by atoms with Crippen molar-refractivity contribution in [2.75, 3.05) is 6.61 Å². The molecule has 27 heavy (non-hydrogen) atoms. The van der Waals surface area contributed by atoms with Crippen LogP contribution in [0.15, 0.2) is 48.5 Å². The van der Waals surface area contributed by atoms with Gasteiger partial charge in [-0.2, -0.15) is 0 Å². The van der Waals surface area contributed by atoms with Gasteiger partial charge in [0.25, 0.3) is 0 Å². The van der Waals surface area contributed by atoms with Crippen molar-refractivity contribution in [1.29, 1.82) is 0 Å². The molecular weight excluding hydrogens is 334 g/mol. The average Bonchev–Trinajstić information content (AvgIpc) is 2.58. The summed E-state index contributed by atoms with van der Waals surface area (Å²) < 4.78 is 11.8. The van der Waals surface area contributed by atoms with Gasteiger partial charge in [0.1, 0.15) is 6.61 Å². The van der Waals surface area contributed by atoms with Gasteiger partial charge in [-0.25, -0.2) is 0 Å². The van der Waals surface area contributed by atoms with Crippen LogP contribution in [-0.2, 0) is 13.2 Å². The van der Waals surface area contributed by atoms with E-state index in [2.05, 4.69) is 64.2 Å². The summed E-state index contributed by atoms with van der Waals surface area (Å²) in [5, 5.41) is 3.68. The molecule has 0 aromatic heterocycles. The minimum atomic E-state index is 0.0759. The molecule has 148 valence electrons. The monoisotopic (exact) mass is 369 g/mol. The largest absolute Gasteiger partial charge is 0.490 e. The van der Waals surface area contributed by atoms with Gasteiger partial charge in [0.05, 0.1) is 6.61 Å². The van der Waals surface area contributed by atoms with Crippen molar-refractivity contribution in [3.05, 3.63) is 59.7 Å². The van der Waals surface area contributed by atoms with Gasteiger partial charge in [0.2, 0.25) is 0 Å². The fraction of sp³-hybridized carbons (Fsp3) is 0.500. The normalized spacial score (nSPS) is 12.1. The van der Waals surface area contributed by atoms with Crippen molar-refractivity contribution < 1.29 is 9.47 Å². The lowest BCUT2D eigenvalue weighted by Gasteiger charge is -2.33. The average molecular weight is 370 g/mol. The van der Waals surface area contributed by atoms with Gasteiger partial charge in [-0.1, -0.05) is 57.2 Å². The highest BCUT2D eigenvalue weighted by atomic mass is 16.5. The minimum Gasteiger partial charge on any atom is -0.490 e. The third-order valence-corrected chi connectivity index (χ3v) is 4.29.